The molecular weight excluding hydrogens is 172 g/mol. The molecule has 1 aromatic rings. The van der Waals surface area contributed by atoms with E-state index in [-0.39, 0.29) is 5.41 Å². The molecule has 1 heterocycles. The number of rotatable bonds is 1. The molecule has 1 aromatic carbocycles. The summed E-state index contributed by atoms with van der Waals surface area (Å²) in [5, 5.41) is 0.850. The Bertz CT molecular complexity index is 292. The van der Waals surface area contributed by atoms with Crippen LogP contribution in [0.2, 0.25) is 5.02 Å². The summed E-state index contributed by atoms with van der Waals surface area (Å²) in [7, 11) is 0. The van der Waals surface area contributed by atoms with Crippen LogP contribution in [0.1, 0.15) is 12.5 Å². The topological polar surface area (TPSA) is 9.23 Å². The van der Waals surface area contributed by atoms with Crippen LogP contribution in [-0.4, -0.2) is 13.2 Å². The molecule has 0 radical (unpaired) electrons. The molecule has 2 rings (SSSR count). The monoisotopic (exact) mass is 182 g/mol. The van der Waals surface area contributed by atoms with E-state index in [1.807, 2.05) is 18.2 Å². The average molecular weight is 183 g/mol. The van der Waals surface area contributed by atoms with Crippen LogP contribution in [-0.2, 0) is 10.2 Å². The summed E-state index contributed by atoms with van der Waals surface area (Å²) in [6.07, 6.45) is 0. The van der Waals surface area contributed by atoms with Crippen LogP contribution in [0.25, 0.3) is 0 Å². The fourth-order valence-corrected chi connectivity index (χ4v) is 1.88. The van der Waals surface area contributed by atoms with E-state index in [2.05, 4.69) is 13.0 Å². The van der Waals surface area contributed by atoms with Gasteiger partial charge in [0.2, 0.25) is 0 Å². The smallest absolute Gasteiger partial charge is 0.0583 e. The van der Waals surface area contributed by atoms with E-state index in [1.165, 1.54) is 5.56 Å². The first-order valence-electron chi connectivity index (χ1n) is 4.05. The van der Waals surface area contributed by atoms with Gasteiger partial charge in [0.05, 0.1) is 13.2 Å². The van der Waals surface area contributed by atoms with Crippen molar-refractivity contribution in [3.63, 3.8) is 0 Å². The van der Waals surface area contributed by atoms with Gasteiger partial charge in [-0.2, -0.15) is 0 Å². The van der Waals surface area contributed by atoms with Crippen molar-refractivity contribution in [1.82, 2.24) is 0 Å². The highest BCUT2D eigenvalue weighted by Gasteiger charge is 2.36. The number of benzene rings is 1. The van der Waals surface area contributed by atoms with Gasteiger partial charge in [-0.05, 0) is 11.6 Å². The summed E-state index contributed by atoms with van der Waals surface area (Å²) < 4.78 is 5.19. The Balaban J connectivity index is 2.39. The summed E-state index contributed by atoms with van der Waals surface area (Å²) in [6, 6.07) is 7.98. The van der Waals surface area contributed by atoms with Crippen LogP contribution >= 0.6 is 11.6 Å². The maximum atomic E-state index is 6.07. The van der Waals surface area contributed by atoms with E-state index < -0.39 is 0 Å². The highest BCUT2D eigenvalue weighted by Crippen LogP contribution is 2.35. The van der Waals surface area contributed by atoms with E-state index in [1.54, 1.807) is 0 Å². The van der Waals surface area contributed by atoms with E-state index in [4.69, 9.17) is 16.3 Å². The lowest BCUT2D eigenvalue weighted by atomic mass is 9.81. The third-order valence-corrected chi connectivity index (χ3v) is 2.69. The second-order valence-corrected chi connectivity index (χ2v) is 3.94. The van der Waals surface area contributed by atoms with Gasteiger partial charge >= 0.3 is 0 Å². The maximum Gasteiger partial charge on any atom is 0.0583 e. The van der Waals surface area contributed by atoms with Gasteiger partial charge < -0.3 is 4.74 Å². The lowest BCUT2D eigenvalue weighted by Crippen LogP contribution is -2.44. The van der Waals surface area contributed by atoms with Gasteiger partial charge in [0.15, 0.2) is 0 Å². The quantitative estimate of drug-likeness (QED) is 0.649. The van der Waals surface area contributed by atoms with E-state index in [0.29, 0.717) is 0 Å². The Labute approximate surface area is 77.3 Å². The molecule has 12 heavy (non-hydrogen) atoms. The number of ether oxygens (including phenoxy) is 1. The summed E-state index contributed by atoms with van der Waals surface area (Å²) in [5.41, 5.74) is 1.36. The van der Waals surface area contributed by atoms with Crippen molar-refractivity contribution >= 4 is 11.6 Å². The third kappa shape index (κ3) is 1.13. The molecular formula is C10H11ClO. The van der Waals surface area contributed by atoms with Crippen molar-refractivity contribution in [3.05, 3.63) is 34.9 Å². The SMILES string of the molecule is CC1(c2ccccc2Cl)COC1. The molecule has 0 atom stereocenters. The first-order chi connectivity index (χ1) is 5.72. The first kappa shape index (κ1) is 8.09. The Kier molecular flexibility index (Phi) is 1.85. The second-order valence-electron chi connectivity index (χ2n) is 3.53. The molecule has 0 aliphatic carbocycles. The molecule has 64 valence electrons. The highest BCUT2D eigenvalue weighted by molar-refractivity contribution is 6.31. The van der Waals surface area contributed by atoms with Crippen molar-refractivity contribution in [3.8, 4) is 0 Å². The summed E-state index contributed by atoms with van der Waals surface area (Å²) in [4.78, 5) is 0. The Morgan fingerprint density at radius 2 is 2.00 bits per heavy atom. The van der Waals surface area contributed by atoms with Gasteiger partial charge in [0.25, 0.3) is 0 Å². The van der Waals surface area contributed by atoms with Gasteiger partial charge in [-0.3, -0.25) is 0 Å². The fraction of sp³-hybridized carbons (Fsp3) is 0.400. The summed E-state index contributed by atoms with van der Waals surface area (Å²) >= 11 is 6.07. The zero-order valence-electron chi connectivity index (χ0n) is 7.01. The van der Waals surface area contributed by atoms with Crippen LogP contribution in [0.4, 0.5) is 0 Å². The largest absolute Gasteiger partial charge is 0.379 e. The highest BCUT2D eigenvalue weighted by atomic mass is 35.5. The van der Waals surface area contributed by atoms with Crippen molar-refractivity contribution in [2.24, 2.45) is 0 Å². The van der Waals surface area contributed by atoms with E-state index >= 15 is 0 Å². The minimum absolute atomic E-state index is 0.151. The van der Waals surface area contributed by atoms with Crippen molar-refractivity contribution in [2.75, 3.05) is 13.2 Å². The van der Waals surface area contributed by atoms with Gasteiger partial charge in [-0.15, -0.1) is 0 Å². The second kappa shape index (κ2) is 2.75. The summed E-state index contributed by atoms with van der Waals surface area (Å²) in [6.45, 7) is 3.76. The summed E-state index contributed by atoms with van der Waals surface area (Å²) in [5.74, 6) is 0. The standard InChI is InChI=1S/C10H11ClO/c1-10(6-12-7-10)8-4-2-3-5-9(8)11/h2-5H,6-7H2,1H3. The van der Waals surface area contributed by atoms with Crippen LogP contribution in [0, 0.1) is 0 Å². The average Bonchev–Trinajstić information content (AvgIpc) is 2.01. The molecule has 1 nitrogen and oxygen atoms in total. The molecule has 2 heteroatoms. The molecule has 0 amide bonds. The molecule has 0 aromatic heterocycles. The van der Waals surface area contributed by atoms with E-state index in [0.717, 1.165) is 18.2 Å². The number of halogens is 1. The van der Waals surface area contributed by atoms with Gasteiger partial charge in [-0.1, -0.05) is 36.7 Å². The lowest BCUT2D eigenvalue weighted by molar-refractivity contribution is -0.0499. The van der Waals surface area contributed by atoms with Crippen molar-refractivity contribution in [1.29, 1.82) is 0 Å². The third-order valence-electron chi connectivity index (χ3n) is 2.37. The number of hydrogen-bond donors (Lipinski definition) is 0. The number of hydrogen-bond acceptors (Lipinski definition) is 1. The minimum Gasteiger partial charge on any atom is -0.379 e. The normalized spacial score (nSPS) is 20.2. The van der Waals surface area contributed by atoms with Crippen LogP contribution in [0.5, 0.6) is 0 Å². The lowest BCUT2D eigenvalue weighted by Gasteiger charge is -2.39. The molecule has 1 saturated heterocycles. The van der Waals surface area contributed by atoms with Gasteiger partial charge in [-0.25, -0.2) is 0 Å². The van der Waals surface area contributed by atoms with Gasteiger partial charge in [0.1, 0.15) is 0 Å². The van der Waals surface area contributed by atoms with Crippen LogP contribution in [0.3, 0.4) is 0 Å². The van der Waals surface area contributed by atoms with Crippen molar-refractivity contribution < 1.29 is 4.74 Å². The van der Waals surface area contributed by atoms with Crippen LogP contribution < -0.4 is 0 Å². The van der Waals surface area contributed by atoms with Gasteiger partial charge in [0, 0.05) is 10.4 Å². The molecule has 0 saturated carbocycles. The molecule has 0 spiro atoms. The zero-order chi connectivity index (χ0) is 8.60. The van der Waals surface area contributed by atoms with Crippen molar-refractivity contribution in [2.45, 2.75) is 12.3 Å². The molecule has 1 aliphatic heterocycles. The fourth-order valence-electron chi connectivity index (χ4n) is 1.51. The maximum absolute atomic E-state index is 6.07. The Morgan fingerprint density at radius 1 is 1.33 bits per heavy atom. The molecule has 1 fully saturated rings. The first-order valence-corrected chi connectivity index (χ1v) is 4.43. The molecule has 0 N–H and O–H groups in total. The predicted molar refractivity (Wildman–Crippen MR) is 49.6 cm³/mol. The van der Waals surface area contributed by atoms with Crippen LogP contribution in [0.15, 0.2) is 24.3 Å². The zero-order valence-corrected chi connectivity index (χ0v) is 7.77. The van der Waals surface area contributed by atoms with E-state index in [9.17, 15) is 0 Å². The predicted octanol–water partition coefficient (Wildman–Crippen LogP) is 2.63. The minimum atomic E-state index is 0.151. The Hall–Kier alpha value is -0.530. The molecule has 0 unspecified atom stereocenters. The Morgan fingerprint density at radius 3 is 2.50 bits per heavy atom. The molecule has 0 bridgehead atoms. The molecule has 1 aliphatic rings.